The quantitative estimate of drug-likeness (QED) is 0.793. The average molecular weight is 332 g/mol. The first kappa shape index (κ1) is 16.7. The molecule has 0 bridgehead atoms. The molecule has 2 atom stereocenters. The van der Waals surface area contributed by atoms with Gasteiger partial charge in [0.1, 0.15) is 0 Å². The van der Waals surface area contributed by atoms with E-state index >= 15 is 0 Å². The number of nitrogens with one attached hydrogen (secondary N) is 1. The van der Waals surface area contributed by atoms with Crippen LogP contribution in [0.15, 0.2) is 10.7 Å². The summed E-state index contributed by atoms with van der Waals surface area (Å²) in [5.74, 6) is 0.436. The SMILES string of the molecule is CCCn1ncc(Br)c1C(NCC)C(OC)C(C)C. The van der Waals surface area contributed by atoms with Gasteiger partial charge in [-0.25, -0.2) is 0 Å². The van der Waals surface area contributed by atoms with Crippen LogP contribution in [-0.4, -0.2) is 29.5 Å². The Morgan fingerprint density at radius 3 is 2.58 bits per heavy atom. The second-order valence-corrected chi connectivity index (χ2v) is 5.93. The van der Waals surface area contributed by atoms with Crippen molar-refractivity contribution in [3.63, 3.8) is 0 Å². The third kappa shape index (κ3) is 4.04. The molecule has 0 saturated heterocycles. The maximum atomic E-state index is 5.71. The van der Waals surface area contributed by atoms with Crippen LogP contribution in [0.4, 0.5) is 0 Å². The van der Waals surface area contributed by atoms with Gasteiger partial charge in [-0.2, -0.15) is 5.10 Å². The molecule has 0 spiro atoms. The number of rotatable bonds is 8. The summed E-state index contributed by atoms with van der Waals surface area (Å²) in [6, 6.07) is 0.151. The van der Waals surface area contributed by atoms with E-state index in [0.717, 1.165) is 24.0 Å². The van der Waals surface area contributed by atoms with Crippen molar-refractivity contribution >= 4 is 15.9 Å². The Morgan fingerprint density at radius 2 is 2.11 bits per heavy atom. The number of methoxy groups -OCH3 is 1. The fourth-order valence-corrected chi connectivity index (χ4v) is 3.00. The summed E-state index contributed by atoms with van der Waals surface area (Å²) in [5.41, 5.74) is 1.18. The molecule has 0 saturated carbocycles. The van der Waals surface area contributed by atoms with Crippen molar-refractivity contribution in [2.24, 2.45) is 5.92 Å². The summed E-state index contributed by atoms with van der Waals surface area (Å²) in [5, 5.41) is 8.00. The van der Waals surface area contributed by atoms with Gasteiger partial charge in [0.2, 0.25) is 0 Å². The standard InChI is InChI=1S/C14H26BrN3O/c1-6-8-18-13(11(15)9-17-18)12(16-7-2)14(19-5)10(3)4/h9-10,12,14,16H,6-8H2,1-5H3. The van der Waals surface area contributed by atoms with Crippen molar-refractivity contribution in [3.05, 3.63) is 16.4 Å². The summed E-state index contributed by atoms with van der Waals surface area (Å²) < 4.78 is 8.84. The summed E-state index contributed by atoms with van der Waals surface area (Å²) >= 11 is 3.63. The molecule has 5 heteroatoms. The van der Waals surface area contributed by atoms with Gasteiger partial charge in [0, 0.05) is 13.7 Å². The minimum atomic E-state index is 0.128. The van der Waals surface area contributed by atoms with Crippen molar-refractivity contribution in [3.8, 4) is 0 Å². The molecule has 0 aliphatic carbocycles. The van der Waals surface area contributed by atoms with Crippen LogP contribution < -0.4 is 5.32 Å². The second-order valence-electron chi connectivity index (χ2n) is 5.08. The Morgan fingerprint density at radius 1 is 1.42 bits per heavy atom. The minimum Gasteiger partial charge on any atom is -0.379 e. The Kier molecular flexibility index (Phi) is 7.04. The lowest BCUT2D eigenvalue weighted by Crippen LogP contribution is -2.38. The molecule has 0 amide bonds. The van der Waals surface area contributed by atoms with E-state index in [1.165, 1.54) is 5.69 Å². The van der Waals surface area contributed by atoms with Crippen LogP contribution in [-0.2, 0) is 11.3 Å². The molecule has 1 rings (SSSR count). The number of halogens is 1. The van der Waals surface area contributed by atoms with Gasteiger partial charge in [-0.05, 0) is 34.8 Å². The monoisotopic (exact) mass is 331 g/mol. The fraction of sp³-hybridized carbons (Fsp3) is 0.786. The summed E-state index contributed by atoms with van der Waals surface area (Å²) in [6.45, 7) is 10.5. The van der Waals surface area contributed by atoms with E-state index in [-0.39, 0.29) is 12.1 Å². The number of nitrogens with zero attached hydrogens (tertiary/aromatic N) is 2. The first-order valence-electron chi connectivity index (χ1n) is 7.04. The van der Waals surface area contributed by atoms with Gasteiger partial charge in [0.05, 0.1) is 28.5 Å². The van der Waals surface area contributed by atoms with Gasteiger partial charge >= 0.3 is 0 Å². The van der Waals surface area contributed by atoms with Crippen LogP contribution >= 0.6 is 15.9 Å². The second kappa shape index (κ2) is 8.02. The fourth-order valence-electron chi connectivity index (χ4n) is 2.45. The highest BCUT2D eigenvalue weighted by Crippen LogP contribution is 2.30. The molecule has 110 valence electrons. The minimum absolute atomic E-state index is 0.128. The zero-order chi connectivity index (χ0) is 14.4. The van der Waals surface area contributed by atoms with E-state index in [4.69, 9.17) is 4.74 Å². The van der Waals surface area contributed by atoms with Gasteiger partial charge in [-0.15, -0.1) is 0 Å². The van der Waals surface area contributed by atoms with Crippen LogP contribution in [0, 0.1) is 5.92 Å². The largest absolute Gasteiger partial charge is 0.379 e. The lowest BCUT2D eigenvalue weighted by atomic mass is 9.96. The highest BCUT2D eigenvalue weighted by Gasteiger charge is 2.29. The number of ether oxygens (including phenoxy) is 1. The third-order valence-electron chi connectivity index (χ3n) is 3.25. The Bertz CT molecular complexity index is 379. The normalized spacial score (nSPS) is 14.9. The van der Waals surface area contributed by atoms with Crippen LogP contribution in [0.3, 0.4) is 0 Å². The summed E-state index contributed by atoms with van der Waals surface area (Å²) in [4.78, 5) is 0. The number of aromatic nitrogens is 2. The van der Waals surface area contributed by atoms with Crippen molar-refractivity contribution in [1.82, 2.24) is 15.1 Å². The van der Waals surface area contributed by atoms with Crippen molar-refractivity contribution in [2.45, 2.75) is 52.8 Å². The van der Waals surface area contributed by atoms with Crippen molar-refractivity contribution < 1.29 is 4.74 Å². The Labute approximate surface area is 125 Å². The van der Waals surface area contributed by atoms with Gasteiger partial charge in [0.25, 0.3) is 0 Å². The predicted molar refractivity (Wildman–Crippen MR) is 82.3 cm³/mol. The molecule has 1 heterocycles. The highest BCUT2D eigenvalue weighted by molar-refractivity contribution is 9.10. The molecule has 0 radical (unpaired) electrons. The van der Waals surface area contributed by atoms with Crippen LogP contribution in [0.1, 0.15) is 45.9 Å². The predicted octanol–water partition coefficient (Wildman–Crippen LogP) is 3.38. The lowest BCUT2D eigenvalue weighted by Gasteiger charge is -2.30. The van der Waals surface area contributed by atoms with Gasteiger partial charge < -0.3 is 10.1 Å². The molecular weight excluding hydrogens is 306 g/mol. The first-order chi connectivity index (χ1) is 9.06. The average Bonchev–Trinajstić information content (AvgIpc) is 2.70. The first-order valence-corrected chi connectivity index (χ1v) is 7.83. The zero-order valence-electron chi connectivity index (χ0n) is 12.6. The third-order valence-corrected chi connectivity index (χ3v) is 3.86. The van der Waals surface area contributed by atoms with E-state index in [2.05, 4.69) is 58.7 Å². The Hall–Kier alpha value is -0.390. The topological polar surface area (TPSA) is 39.1 Å². The molecule has 2 unspecified atom stereocenters. The molecule has 19 heavy (non-hydrogen) atoms. The van der Waals surface area contributed by atoms with E-state index in [9.17, 15) is 0 Å². The van der Waals surface area contributed by atoms with E-state index in [0.29, 0.717) is 5.92 Å². The van der Waals surface area contributed by atoms with Crippen LogP contribution in [0.5, 0.6) is 0 Å². The number of likely N-dealkylation sites (N-methyl/N-ethyl adjacent to an activating group) is 1. The zero-order valence-corrected chi connectivity index (χ0v) is 14.2. The molecule has 0 fully saturated rings. The van der Waals surface area contributed by atoms with Crippen molar-refractivity contribution in [2.75, 3.05) is 13.7 Å². The van der Waals surface area contributed by atoms with Gasteiger partial charge in [-0.3, -0.25) is 4.68 Å². The maximum Gasteiger partial charge on any atom is 0.0804 e. The van der Waals surface area contributed by atoms with E-state index in [1.807, 2.05) is 6.20 Å². The van der Waals surface area contributed by atoms with E-state index in [1.54, 1.807) is 7.11 Å². The molecule has 1 N–H and O–H groups in total. The number of hydrogen-bond donors (Lipinski definition) is 1. The molecule has 1 aromatic heterocycles. The van der Waals surface area contributed by atoms with E-state index < -0.39 is 0 Å². The molecule has 4 nitrogen and oxygen atoms in total. The number of aryl methyl sites for hydroxylation is 1. The molecule has 0 aliphatic rings. The highest BCUT2D eigenvalue weighted by atomic mass is 79.9. The van der Waals surface area contributed by atoms with Crippen LogP contribution in [0.2, 0.25) is 0 Å². The number of hydrogen-bond acceptors (Lipinski definition) is 3. The molecule has 1 aromatic rings. The smallest absolute Gasteiger partial charge is 0.0804 e. The molecule has 0 aromatic carbocycles. The maximum absolute atomic E-state index is 5.71. The van der Waals surface area contributed by atoms with Gasteiger partial charge in [0.15, 0.2) is 0 Å². The van der Waals surface area contributed by atoms with Gasteiger partial charge in [-0.1, -0.05) is 27.7 Å². The summed E-state index contributed by atoms with van der Waals surface area (Å²) in [7, 11) is 1.78. The molecular formula is C14H26BrN3O. The summed E-state index contributed by atoms with van der Waals surface area (Å²) in [6.07, 6.45) is 3.07. The molecule has 0 aliphatic heterocycles. The lowest BCUT2D eigenvalue weighted by molar-refractivity contribution is 0.0303. The Balaban J connectivity index is 3.13. The van der Waals surface area contributed by atoms with Crippen molar-refractivity contribution in [1.29, 1.82) is 0 Å². The van der Waals surface area contributed by atoms with Crippen LogP contribution in [0.25, 0.3) is 0 Å².